The highest BCUT2D eigenvalue weighted by molar-refractivity contribution is 6.36. The number of pyridine rings is 1. The Morgan fingerprint density at radius 1 is 1.35 bits per heavy atom. The van der Waals surface area contributed by atoms with E-state index in [0.717, 1.165) is 0 Å². The number of nitrogens with one attached hydrogen (secondary N) is 1. The molecule has 2 aromatic rings. The third-order valence-corrected chi connectivity index (χ3v) is 3.28. The Morgan fingerprint density at radius 2 is 2.10 bits per heavy atom. The molecule has 0 aliphatic carbocycles. The Morgan fingerprint density at radius 3 is 2.80 bits per heavy atom. The summed E-state index contributed by atoms with van der Waals surface area (Å²) >= 11 is 6.09. The van der Waals surface area contributed by atoms with Gasteiger partial charge in [0.05, 0.1) is 22.6 Å². The summed E-state index contributed by atoms with van der Waals surface area (Å²) < 4.78 is 0. The van der Waals surface area contributed by atoms with E-state index in [1.807, 2.05) is 0 Å². The molecule has 0 saturated carbocycles. The summed E-state index contributed by atoms with van der Waals surface area (Å²) in [6.45, 7) is -0.00765. The van der Waals surface area contributed by atoms with Crippen LogP contribution < -0.4 is 5.32 Å². The van der Waals surface area contributed by atoms with Gasteiger partial charge >= 0.3 is 0 Å². The standard InChI is InChI=1S/C14H14ClN3O2/c1-16-12(19)8-18(2)14(20)10-5-6-11(15)9-4-3-7-17-13(9)10/h3-7H,8H2,1-2H3,(H,16,19). The van der Waals surface area contributed by atoms with Crippen molar-refractivity contribution in [2.24, 2.45) is 0 Å². The minimum atomic E-state index is -0.269. The zero-order valence-corrected chi connectivity index (χ0v) is 11.9. The average Bonchev–Trinajstić information content (AvgIpc) is 2.47. The molecule has 2 rings (SSSR count). The second kappa shape index (κ2) is 5.88. The minimum Gasteiger partial charge on any atom is -0.358 e. The van der Waals surface area contributed by atoms with Gasteiger partial charge in [0.2, 0.25) is 5.91 Å². The van der Waals surface area contributed by atoms with E-state index in [9.17, 15) is 9.59 Å². The third kappa shape index (κ3) is 2.72. The van der Waals surface area contributed by atoms with Crippen molar-refractivity contribution < 1.29 is 9.59 Å². The monoisotopic (exact) mass is 291 g/mol. The van der Waals surface area contributed by atoms with Crippen LogP contribution in [0.2, 0.25) is 5.02 Å². The highest BCUT2D eigenvalue weighted by Gasteiger charge is 2.18. The maximum atomic E-state index is 12.4. The first-order valence-corrected chi connectivity index (χ1v) is 6.41. The first kappa shape index (κ1) is 14.3. The van der Waals surface area contributed by atoms with Gasteiger partial charge in [0.1, 0.15) is 0 Å². The lowest BCUT2D eigenvalue weighted by atomic mass is 10.1. The fourth-order valence-electron chi connectivity index (χ4n) is 1.88. The van der Waals surface area contributed by atoms with Crippen LogP contribution in [-0.2, 0) is 4.79 Å². The summed E-state index contributed by atoms with van der Waals surface area (Å²) in [6.07, 6.45) is 1.61. The number of halogens is 1. The van der Waals surface area contributed by atoms with Crippen molar-refractivity contribution in [1.82, 2.24) is 15.2 Å². The molecule has 5 nitrogen and oxygen atoms in total. The van der Waals surface area contributed by atoms with Crippen LogP contribution in [0.15, 0.2) is 30.5 Å². The summed E-state index contributed by atoms with van der Waals surface area (Å²) in [6, 6.07) is 6.85. The number of nitrogens with zero attached hydrogens (tertiary/aromatic N) is 2. The van der Waals surface area contributed by atoms with Crippen LogP contribution in [0.3, 0.4) is 0 Å². The summed E-state index contributed by atoms with van der Waals surface area (Å²) in [5, 5.41) is 3.74. The summed E-state index contributed by atoms with van der Waals surface area (Å²) in [5.41, 5.74) is 0.963. The number of rotatable bonds is 3. The second-order valence-electron chi connectivity index (χ2n) is 4.33. The molecule has 20 heavy (non-hydrogen) atoms. The van der Waals surface area contributed by atoms with Crippen molar-refractivity contribution >= 4 is 34.3 Å². The first-order valence-electron chi connectivity index (χ1n) is 6.04. The number of amides is 2. The molecule has 1 N–H and O–H groups in total. The number of likely N-dealkylation sites (N-methyl/N-ethyl adjacent to an activating group) is 2. The number of hydrogen-bond donors (Lipinski definition) is 1. The fourth-order valence-corrected chi connectivity index (χ4v) is 2.10. The zero-order valence-electron chi connectivity index (χ0n) is 11.2. The van der Waals surface area contributed by atoms with Crippen molar-refractivity contribution in [3.63, 3.8) is 0 Å². The molecule has 0 atom stereocenters. The highest BCUT2D eigenvalue weighted by atomic mass is 35.5. The van der Waals surface area contributed by atoms with E-state index in [1.165, 1.54) is 11.9 Å². The van der Waals surface area contributed by atoms with Gasteiger partial charge in [-0.2, -0.15) is 0 Å². The van der Waals surface area contributed by atoms with E-state index < -0.39 is 0 Å². The van der Waals surface area contributed by atoms with Crippen LogP contribution in [0.4, 0.5) is 0 Å². The molecular weight excluding hydrogens is 278 g/mol. The largest absolute Gasteiger partial charge is 0.358 e. The van der Waals surface area contributed by atoms with E-state index in [4.69, 9.17) is 11.6 Å². The lowest BCUT2D eigenvalue weighted by molar-refractivity contribution is -0.121. The molecule has 0 radical (unpaired) electrons. The van der Waals surface area contributed by atoms with Gasteiger partial charge in [-0.25, -0.2) is 0 Å². The van der Waals surface area contributed by atoms with Crippen molar-refractivity contribution in [1.29, 1.82) is 0 Å². The van der Waals surface area contributed by atoms with Gasteiger partial charge in [-0.3, -0.25) is 14.6 Å². The van der Waals surface area contributed by atoms with Crippen LogP contribution in [-0.4, -0.2) is 42.3 Å². The average molecular weight is 292 g/mol. The molecule has 1 aromatic heterocycles. The Kier molecular flexibility index (Phi) is 4.20. The van der Waals surface area contributed by atoms with E-state index in [1.54, 1.807) is 37.5 Å². The summed E-state index contributed by atoms with van der Waals surface area (Å²) in [5.74, 6) is -0.499. The second-order valence-corrected chi connectivity index (χ2v) is 4.74. The first-order chi connectivity index (χ1) is 9.54. The van der Waals surface area contributed by atoms with Crippen LogP contribution in [0.5, 0.6) is 0 Å². The van der Waals surface area contributed by atoms with E-state index in [-0.39, 0.29) is 18.4 Å². The summed E-state index contributed by atoms with van der Waals surface area (Å²) in [7, 11) is 3.10. The van der Waals surface area contributed by atoms with Gasteiger partial charge in [0.15, 0.2) is 0 Å². The molecule has 0 saturated heterocycles. The molecule has 0 aliphatic heterocycles. The van der Waals surface area contributed by atoms with Gasteiger partial charge in [-0.05, 0) is 24.3 Å². The SMILES string of the molecule is CNC(=O)CN(C)C(=O)c1ccc(Cl)c2cccnc12. The number of aromatic nitrogens is 1. The minimum absolute atomic E-state index is 0.00765. The molecule has 0 bridgehead atoms. The molecule has 0 fully saturated rings. The maximum absolute atomic E-state index is 12.4. The molecule has 6 heteroatoms. The van der Waals surface area contributed by atoms with Crippen molar-refractivity contribution in [2.75, 3.05) is 20.6 Å². The Balaban J connectivity index is 2.40. The predicted octanol–water partition coefficient (Wildman–Crippen LogP) is 1.71. The molecule has 1 aromatic carbocycles. The Bertz CT molecular complexity index is 673. The number of benzene rings is 1. The van der Waals surface area contributed by atoms with Crippen LogP contribution in [0.25, 0.3) is 10.9 Å². The Hall–Kier alpha value is -2.14. The van der Waals surface area contributed by atoms with E-state index in [2.05, 4.69) is 10.3 Å². The van der Waals surface area contributed by atoms with Gasteiger partial charge in [-0.15, -0.1) is 0 Å². The van der Waals surface area contributed by atoms with Crippen LogP contribution in [0, 0.1) is 0 Å². The number of hydrogen-bond acceptors (Lipinski definition) is 3. The lowest BCUT2D eigenvalue weighted by Gasteiger charge is -2.17. The van der Waals surface area contributed by atoms with Gasteiger partial charge in [0, 0.05) is 25.7 Å². The van der Waals surface area contributed by atoms with Crippen molar-refractivity contribution in [3.8, 4) is 0 Å². The van der Waals surface area contributed by atoms with Gasteiger partial charge in [0.25, 0.3) is 5.91 Å². The van der Waals surface area contributed by atoms with E-state index >= 15 is 0 Å². The van der Waals surface area contributed by atoms with E-state index in [0.29, 0.717) is 21.5 Å². The molecule has 0 spiro atoms. The number of carbonyl (C=O) groups is 2. The molecule has 2 amide bonds. The van der Waals surface area contributed by atoms with Crippen LogP contribution in [0.1, 0.15) is 10.4 Å². The molecule has 1 heterocycles. The molecule has 104 valence electrons. The molecule has 0 aliphatic rings. The number of fused-ring (bicyclic) bond motifs is 1. The smallest absolute Gasteiger partial charge is 0.256 e. The van der Waals surface area contributed by atoms with Gasteiger partial charge in [-0.1, -0.05) is 11.6 Å². The third-order valence-electron chi connectivity index (χ3n) is 2.95. The quantitative estimate of drug-likeness (QED) is 0.936. The Labute approximate surface area is 121 Å². The summed E-state index contributed by atoms with van der Waals surface area (Å²) in [4.78, 5) is 29.3. The maximum Gasteiger partial charge on any atom is 0.256 e. The van der Waals surface area contributed by atoms with Crippen LogP contribution >= 0.6 is 11.6 Å². The fraction of sp³-hybridized carbons (Fsp3) is 0.214. The predicted molar refractivity (Wildman–Crippen MR) is 77.8 cm³/mol. The number of carbonyl (C=O) groups excluding carboxylic acids is 2. The molecule has 0 unspecified atom stereocenters. The van der Waals surface area contributed by atoms with Crippen molar-refractivity contribution in [2.45, 2.75) is 0 Å². The lowest BCUT2D eigenvalue weighted by Crippen LogP contribution is -2.37. The van der Waals surface area contributed by atoms with Gasteiger partial charge < -0.3 is 10.2 Å². The normalized spacial score (nSPS) is 10.3. The van der Waals surface area contributed by atoms with Crippen molar-refractivity contribution in [3.05, 3.63) is 41.0 Å². The highest BCUT2D eigenvalue weighted by Crippen LogP contribution is 2.25. The topological polar surface area (TPSA) is 62.3 Å². The zero-order chi connectivity index (χ0) is 14.7. The molecular formula is C14H14ClN3O2.